The third-order valence-electron chi connectivity index (χ3n) is 3.47. The van der Waals surface area contributed by atoms with E-state index < -0.39 is 4.92 Å². The highest BCUT2D eigenvalue weighted by Gasteiger charge is 2.22. The van der Waals surface area contributed by atoms with Crippen molar-refractivity contribution in [2.24, 2.45) is 0 Å². The topological polar surface area (TPSA) is 87.3 Å². The van der Waals surface area contributed by atoms with E-state index >= 15 is 0 Å². The predicted molar refractivity (Wildman–Crippen MR) is 70.6 cm³/mol. The zero-order valence-electron chi connectivity index (χ0n) is 10.7. The lowest BCUT2D eigenvalue weighted by molar-refractivity contribution is -0.384. The minimum Gasteiger partial charge on any atom is -0.356 e. The number of nitro groups is 1. The van der Waals surface area contributed by atoms with Gasteiger partial charge in [-0.25, -0.2) is 4.68 Å². The molecule has 104 valence electrons. The first-order chi connectivity index (χ1) is 9.70. The molecular formula is C13H13N3O4. The van der Waals surface area contributed by atoms with Crippen LogP contribution in [-0.2, 0) is 4.74 Å². The molecule has 1 unspecified atom stereocenters. The summed E-state index contributed by atoms with van der Waals surface area (Å²) in [4.78, 5) is 21.4. The number of benzene rings is 1. The van der Waals surface area contributed by atoms with E-state index in [1.54, 1.807) is 10.7 Å². The number of nitro benzene ring substituents is 1. The fourth-order valence-corrected chi connectivity index (χ4v) is 2.49. The molecule has 2 aromatic rings. The van der Waals surface area contributed by atoms with Gasteiger partial charge >= 0.3 is 0 Å². The molecule has 1 aliphatic rings. The van der Waals surface area contributed by atoms with Crippen LogP contribution in [0.2, 0.25) is 0 Å². The van der Waals surface area contributed by atoms with Crippen molar-refractivity contribution in [3.63, 3.8) is 0 Å². The van der Waals surface area contributed by atoms with Gasteiger partial charge in [0, 0.05) is 24.1 Å². The van der Waals surface area contributed by atoms with E-state index in [0.29, 0.717) is 23.8 Å². The molecule has 7 heteroatoms. The number of aromatic nitrogens is 2. The highest BCUT2D eigenvalue weighted by atomic mass is 16.6. The van der Waals surface area contributed by atoms with E-state index in [9.17, 15) is 14.9 Å². The Labute approximate surface area is 114 Å². The molecular weight excluding hydrogens is 262 g/mol. The lowest BCUT2D eigenvalue weighted by atomic mass is 10.1. The van der Waals surface area contributed by atoms with Crippen molar-refractivity contribution in [2.45, 2.75) is 25.5 Å². The Balaban J connectivity index is 2.13. The van der Waals surface area contributed by atoms with Gasteiger partial charge in [-0.05, 0) is 25.3 Å². The summed E-state index contributed by atoms with van der Waals surface area (Å²) in [5.74, 6) is 0. The lowest BCUT2D eigenvalue weighted by Gasteiger charge is -2.23. The van der Waals surface area contributed by atoms with E-state index in [1.165, 1.54) is 12.1 Å². The summed E-state index contributed by atoms with van der Waals surface area (Å²) in [7, 11) is 0. The summed E-state index contributed by atoms with van der Waals surface area (Å²) >= 11 is 0. The van der Waals surface area contributed by atoms with Gasteiger partial charge in [0.05, 0.1) is 10.4 Å². The monoisotopic (exact) mass is 275 g/mol. The maximum absolute atomic E-state index is 11.1. The van der Waals surface area contributed by atoms with Gasteiger partial charge < -0.3 is 4.74 Å². The Morgan fingerprint density at radius 3 is 2.95 bits per heavy atom. The highest BCUT2D eigenvalue weighted by molar-refractivity contribution is 5.96. The van der Waals surface area contributed by atoms with Gasteiger partial charge in [0.15, 0.2) is 12.5 Å². The standard InChI is InChI=1S/C13H13N3O4/c17-8-11-10-7-9(16(18)19)4-5-12(10)15(14-11)13-3-1-2-6-20-13/h4-5,7-8,13H,1-3,6H2. The van der Waals surface area contributed by atoms with E-state index in [1.807, 2.05) is 0 Å². The summed E-state index contributed by atoms with van der Waals surface area (Å²) in [6.07, 6.45) is 3.29. The third kappa shape index (κ3) is 2.05. The molecule has 1 atom stereocenters. The van der Waals surface area contributed by atoms with Gasteiger partial charge in [0.2, 0.25) is 0 Å². The third-order valence-corrected chi connectivity index (χ3v) is 3.47. The number of aldehydes is 1. The average Bonchev–Trinajstić information content (AvgIpc) is 2.86. The van der Waals surface area contributed by atoms with Crippen molar-refractivity contribution >= 4 is 22.9 Å². The Morgan fingerprint density at radius 1 is 1.45 bits per heavy atom. The predicted octanol–water partition coefficient (Wildman–Crippen LogP) is 2.46. The Morgan fingerprint density at radius 2 is 2.30 bits per heavy atom. The average molecular weight is 275 g/mol. The van der Waals surface area contributed by atoms with Crippen LogP contribution in [-0.4, -0.2) is 27.6 Å². The van der Waals surface area contributed by atoms with Crippen LogP contribution >= 0.6 is 0 Å². The van der Waals surface area contributed by atoms with Crippen LogP contribution in [0.5, 0.6) is 0 Å². The number of carbonyl (C=O) groups excluding carboxylic acids is 1. The first kappa shape index (κ1) is 12.7. The van der Waals surface area contributed by atoms with Gasteiger partial charge in [-0.3, -0.25) is 14.9 Å². The quantitative estimate of drug-likeness (QED) is 0.487. The molecule has 2 heterocycles. The molecule has 0 saturated carbocycles. The fourth-order valence-electron chi connectivity index (χ4n) is 2.49. The van der Waals surface area contributed by atoms with E-state index in [0.717, 1.165) is 19.3 Å². The smallest absolute Gasteiger partial charge is 0.270 e. The molecule has 3 rings (SSSR count). The minimum absolute atomic E-state index is 0.0512. The van der Waals surface area contributed by atoms with Crippen molar-refractivity contribution in [2.75, 3.05) is 6.61 Å². The molecule has 0 spiro atoms. The molecule has 1 fully saturated rings. The maximum Gasteiger partial charge on any atom is 0.270 e. The van der Waals surface area contributed by atoms with Gasteiger partial charge in [0.25, 0.3) is 5.69 Å². The molecule has 0 bridgehead atoms. The van der Waals surface area contributed by atoms with Gasteiger partial charge in [-0.2, -0.15) is 5.10 Å². The number of nitrogens with zero attached hydrogens (tertiary/aromatic N) is 3. The lowest BCUT2D eigenvalue weighted by Crippen LogP contribution is -2.19. The van der Waals surface area contributed by atoms with Crippen LogP contribution in [0.25, 0.3) is 10.9 Å². The van der Waals surface area contributed by atoms with E-state index in [-0.39, 0.29) is 17.6 Å². The van der Waals surface area contributed by atoms with Crippen molar-refractivity contribution < 1.29 is 14.5 Å². The number of non-ortho nitro benzene ring substituents is 1. The van der Waals surface area contributed by atoms with Crippen LogP contribution in [0.15, 0.2) is 18.2 Å². The normalized spacial score (nSPS) is 19.1. The maximum atomic E-state index is 11.1. The van der Waals surface area contributed by atoms with Gasteiger partial charge in [-0.15, -0.1) is 0 Å². The molecule has 20 heavy (non-hydrogen) atoms. The van der Waals surface area contributed by atoms with Gasteiger partial charge in [-0.1, -0.05) is 0 Å². The SMILES string of the molecule is O=Cc1nn(C2CCCCO2)c2ccc([N+](=O)[O-])cc12. The van der Waals surface area contributed by atoms with Crippen molar-refractivity contribution in [1.82, 2.24) is 9.78 Å². The number of carbonyl (C=O) groups is 1. The summed E-state index contributed by atoms with van der Waals surface area (Å²) in [6, 6.07) is 4.41. The van der Waals surface area contributed by atoms with Crippen LogP contribution in [0.3, 0.4) is 0 Å². The highest BCUT2D eigenvalue weighted by Crippen LogP contribution is 2.29. The summed E-state index contributed by atoms with van der Waals surface area (Å²) in [6.45, 7) is 0.662. The van der Waals surface area contributed by atoms with Crippen molar-refractivity contribution in [1.29, 1.82) is 0 Å². The Hall–Kier alpha value is -2.28. The first-order valence-corrected chi connectivity index (χ1v) is 6.44. The van der Waals surface area contributed by atoms with Crippen molar-refractivity contribution in [3.05, 3.63) is 34.0 Å². The van der Waals surface area contributed by atoms with Crippen molar-refractivity contribution in [3.8, 4) is 0 Å². The number of ether oxygens (including phenoxy) is 1. The molecule has 1 aromatic carbocycles. The summed E-state index contributed by atoms with van der Waals surface area (Å²) in [5, 5.41) is 15.5. The van der Waals surface area contributed by atoms with Crippen LogP contribution in [0.1, 0.15) is 36.0 Å². The van der Waals surface area contributed by atoms with Crippen LogP contribution in [0.4, 0.5) is 5.69 Å². The summed E-state index contributed by atoms with van der Waals surface area (Å²) < 4.78 is 7.31. The second-order valence-electron chi connectivity index (χ2n) is 4.73. The summed E-state index contributed by atoms with van der Waals surface area (Å²) in [5.41, 5.74) is 0.840. The second kappa shape index (κ2) is 5.01. The molecule has 1 aromatic heterocycles. The largest absolute Gasteiger partial charge is 0.356 e. The Bertz CT molecular complexity index is 674. The number of hydrogen-bond acceptors (Lipinski definition) is 5. The minimum atomic E-state index is -0.484. The van der Waals surface area contributed by atoms with Gasteiger partial charge in [0.1, 0.15) is 5.69 Å². The molecule has 1 saturated heterocycles. The van der Waals surface area contributed by atoms with Crippen LogP contribution < -0.4 is 0 Å². The number of hydrogen-bond donors (Lipinski definition) is 0. The molecule has 0 radical (unpaired) electrons. The number of rotatable bonds is 3. The molecule has 1 aliphatic heterocycles. The Kier molecular flexibility index (Phi) is 3.19. The molecule has 7 nitrogen and oxygen atoms in total. The molecule has 0 N–H and O–H groups in total. The number of fused-ring (bicyclic) bond motifs is 1. The molecule has 0 amide bonds. The zero-order chi connectivity index (χ0) is 14.1. The second-order valence-corrected chi connectivity index (χ2v) is 4.73. The first-order valence-electron chi connectivity index (χ1n) is 6.44. The fraction of sp³-hybridized carbons (Fsp3) is 0.385. The van der Waals surface area contributed by atoms with E-state index in [4.69, 9.17) is 4.74 Å². The zero-order valence-corrected chi connectivity index (χ0v) is 10.7. The molecule has 0 aliphatic carbocycles. The van der Waals surface area contributed by atoms with Crippen LogP contribution in [0, 0.1) is 10.1 Å². The van der Waals surface area contributed by atoms with E-state index in [2.05, 4.69) is 5.10 Å².